The summed E-state index contributed by atoms with van der Waals surface area (Å²) in [6, 6.07) is 14.7. The smallest absolute Gasteiger partial charge is 0.261 e. The lowest BCUT2D eigenvalue weighted by molar-refractivity contribution is -0.121. The average molecular weight is 316 g/mol. The minimum Gasteiger partial charge on any atom is -0.271 e. The molecule has 0 aromatic heterocycles. The van der Waals surface area contributed by atoms with Crippen molar-refractivity contribution in [1.29, 1.82) is 5.26 Å². The monoisotopic (exact) mass is 315 g/mol. The molecule has 0 spiro atoms. The molecule has 6 heteroatoms. The van der Waals surface area contributed by atoms with Crippen LogP contribution < -0.4 is 5.43 Å². The van der Waals surface area contributed by atoms with Crippen LogP contribution in [0.15, 0.2) is 53.6 Å². The minimum atomic E-state index is -0.991. The molecule has 0 aliphatic rings. The summed E-state index contributed by atoms with van der Waals surface area (Å²) in [5.41, 5.74) is 2.84. The van der Waals surface area contributed by atoms with E-state index in [2.05, 4.69) is 10.5 Å². The van der Waals surface area contributed by atoms with E-state index in [0.29, 0.717) is 5.56 Å². The number of halogens is 2. The summed E-state index contributed by atoms with van der Waals surface area (Å²) >= 11 is 5.83. The Bertz CT molecular complexity index is 721. The summed E-state index contributed by atoms with van der Waals surface area (Å²) in [6.07, 6.45) is 1.11. The number of hydrogen-bond acceptors (Lipinski definition) is 3. The molecule has 0 bridgehead atoms. The molecular weight excluding hydrogens is 305 g/mol. The standard InChI is InChI=1S/C16H11ClFN3O/c17-14-7-4-8-15(18)13(14)10-20-21-16(22)12(9-19)11-5-2-1-3-6-11/h1-8,10,12H,(H,21,22)/b20-10-/t12-/m0/s1. The van der Waals surface area contributed by atoms with Crippen molar-refractivity contribution in [2.45, 2.75) is 5.92 Å². The molecule has 0 unspecified atom stereocenters. The van der Waals surface area contributed by atoms with Crippen molar-refractivity contribution in [3.63, 3.8) is 0 Å². The first-order chi connectivity index (χ1) is 10.6. The summed E-state index contributed by atoms with van der Waals surface area (Å²) in [6.45, 7) is 0. The van der Waals surface area contributed by atoms with Crippen LogP contribution in [0.25, 0.3) is 0 Å². The van der Waals surface area contributed by atoms with Crippen molar-refractivity contribution < 1.29 is 9.18 Å². The number of nitrogens with one attached hydrogen (secondary N) is 1. The van der Waals surface area contributed by atoms with Crippen LogP contribution in [0.5, 0.6) is 0 Å². The lowest BCUT2D eigenvalue weighted by Gasteiger charge is -2.07. The SMILES string of the molecule is N#C[C@H](C(=O)N/N=C\c1c(F)cccc1Cl)c1ccccc1. The molecule has 1 N–H and O–H groups in total. The Kier molecular flexibility index (Phi) is 5.23. The van der Waals surface area contributed by atoms with E-state index in [1.807, 2.05) is 6.07 Å². The highest BCUT2D eigenvalue weighted by Crippen LogP contribution is 2.17. The normalized spacial score (nSPS) is 11.9. The first-order valence-corrected chi connectivity index (χ1v) is 6.72. The van der Waals surface area contributed by atoms with Crippen molar-refractivity contribution >= 4 is 23.7 Å². The number of rotatable bonds is 4. The van der Waals surface area contributed by atoms with Crippen molar-refractivity contribution in [2.24, 2.45) is 5.10 Å². The maximum absolute atomic E-state index is 13.5. The molecule has 1 atom stereocenters. The molecular formula is C16H11ClFN3O. The van der Waals surface area contributed by atoms with Gasteiger partial charge in [0.1, 0.15) is 5.82 Å². The number of hydrazone groups is 1. The highest BCUT2D eigenvalue weighted by Gasteiger charge is 2.19. The average Bonchev–Trinajstić information content (AvgIpc) is 2.52. The van der Waals surface area contributed by atoms with Crippen LogP contribution >= 0.6 is 11.6 Å². The van der Waals surface area contributed by atoms with Crippen molar-refractivity contribution in [1.82, 2.24) is 5.43 Å². The Balaban J connectivity index is 2.09. The number of amides is 1. The molecule has 0 saturated carbocycles. The molecule has 2 aromatic carbocycles. The predicted molar refractivity (Wildman–Crippen MR) is 81.9 cm³/mol. The second-order valence-corrected chi connectivity index (χ2v) is 4.75. The Morgan fingerprint density at radius 1 is 1.27 bits per heavy atom. The van der Waals surface area contributed by atoms with Crippen LogP contribution in [0.1, 0.15) is 17.0 Å². The Labute approximate surface area is 131 Å². The van der Waals surface area contributed by atoms with Gasteiger partial charge in [-0.15, -0.1) is 0 Å². The van der Waals surface area contributed by atoms with E-state index in [4.69, 9.17) is 16.9 Å². The van der Waals surface area contributed by atoms with E-state index < -0.39 is 17.6 Å². The van der Waals surface area contributed by atoms with Gasteiger partial charge in [-0.1, -0.05) is 48.0 Å². The maximum atomic E-state index is 13.5. The first-order valence-electron chi connectivity index (χ1n) is 6.35. The van der Waals surface area contributed by atoms with E-state index in [-0.39, 0.29) is 10.6 Å². The summed E-state index contributed by atoms with van der Waals surface area (Å²) < 4.78 is 13.5. The lowest BCUT2D eigenvalue weighted by Crippen LogP contribution is -2.24. The second kappa shape index (κ2) is 7.34. The quantitative estimate of drug-likeness (QED) is 0.695. The molecule has 110 valence electrons. The van der Waals surface area contributed by atoms with E-state index >= 15 is 0 Å². The van der Waals surface area contributed by atoms with Crippen molar-refractivity contribution in [3.8, 4) is 6.07 Å². The molecule has 0 radical (unpaired) electrons. The molecule has 22 heavy (non-hydrogen) atoms. The maximum Gasteiger partial charge on any atom is 0.261 e. The molecule has 0 heterocycles. The zero-order chi connectivity index (χ0) is 15.9. The summed E-state index contributed by atoms with van der Waals surface area (Å²) in [7, 11) is 0. The number of carbonyl (C=O) groups excluding carboxylic acids is 1. The summed E-state index contributed by atoms with van der Waals surface area (Å²) in [4.78, 5) is 12.0. The summed E-state index contributed by atoms with van der Waals surface area (Å²) in [5.74, 6) is -2.14. The zero-order valence-electron chi connectivity index (χ0n) is 11.3. The van der Waals surface area contributed by atoms with Gasteiger partial charge < -0.3 is 0 Å². The number of nitrogens with zero attached hydrogens (tertiary/aromatic N) is 2. The van der Waals surface area contributed by atoms with Crippen LogP contribution in [0.3, 0.4) is 0 Å². The van der Waals surface area contributed by atoms with Gasteiger partial charge in [0, 0.05) is 5.56 Å². The van der Waals surface area contributed by atoms with Crippen molar-refractivity contribution in [2.75, 3.05) is 0 Å². The fraction of sp³-hybridized carbons (Fsp3) is 0.0625. The number of benzene rings is 2. The zero-order valence-corrected chi connectivity index (χ0v) is 12.1. The highest BCUT2D eigenvalue weighted by atomic mass is 35.5. The second-order valence-electron chi connectivity index (χ2n) is 4.34. The Hall–Kier alpha value is -2.71. The molecule has 2 rings (SSSR count). The fourth-order valence-electron chi connectivity index (χ4n) is 1.79. The predicted octanol–water partition coefficient (Wildman–Crippen LogP) is 3.24. The lowest BCUT2D eigenvalue weighted by atomic mass is 10.0. The molecule has 0 aliphatic heterocycles. The molecule has 4 nitrogen and oxygen atoms in total. The topological polar surface area (TPSA) is 65.2 Å². The van der Waals surface area contributed by atoms with Gasteiger partial charge >= 0.3 is 0 Å². The fourth-order valence-corrected chi connectivity index (χ4v) is 2.00. The van der Waals surface area contributed by atoms with Gasteiger partial charge in [-0.2, -0.15) is 10.4 Å². The molecule has 0 aliphatic carbocycles. The van der Waals surface area contributed by atoms with Gasteiger partial charge in [0.15, 0.2) is 5.92 Å². The number of hydrogen-bond donors (Lipinski definition) is 1. The van der Waals surface area contributed by atoms with Crippen molar-refractivity contribution in [3.05, 3.63) is 70.5 Å². The Morgan fingerprint density at radius 3 is 2.64 bits per heavy atom. The van der Waals surface area contributed by atoms with Crippen LogP contribution in [0.4, 0.5) is 4.39 Å². The molecule has 0 fully saturated rings. The highest BCUT2D eigenvalue weighted by molar-refractivity contribution is 6.33. The van der Waals surface area contributed by atoms with E-state index in [9.17, 15) is 9.18 Å². The third-order valence-corrected chi connectivity index (χ3v) is 3.22. The summed E-state index contributed by atoms with van der Waals surface area (Å²) in [5, 5.41) is 12.9. The first kappa shape index (κ1) is 15.7. The minimum absolute atomic E-state index is 0.0673. The molecule has 2 aromatic rings. The van der Waals surface area contributed by atoms with Gasteiger partial charge in [0.2, 0.25) is 0 Å². The third-order valence-electron chi connectivity index (χ3n) is 2.89. The van der Waals surface area contributed by atoms with Gasteiger partial charge in [-0.3, -0.25) is 4.79 Å². The molecule has 0 saturated heterocycles. The van der Waals surface area contributed by atoms with Gasteiger partial charge in [-0.05, 0) is 17.7 Å². The number of nitriles is 1. The van der Waals surface area contributed by atoms with Crippen LogP contribution in [0.2, 0.25) is 5.02 Å². The van der Waals surface area contributed by atoms with Crippen LogP contribution in [-0.2, 0) is 4.79 Å². The molecule has 1 amide bonds. The van der Waals surface area contributed by atoms with Crippen LogP contribution in [-0.4, -0.2) is 12.1 Å². The van der Waals surface area contributed by atoms with Gasteiger partial charge in [0.05, 0.1) is 17.3 Å². The van der Waals surface area contributed by atoms with E-state index in [1.165, 1.54) is 18.2 Å². The van der Waals surface area contributed by atoms with E-state index in [1.54, 1.807) is 30.3 Å². The third kappa shape index (κ3) is 3.68. The van der Waals surface area contributed by atoms with E-state index in [0.717, 1.165) is 6.21 Å². The Morgan fingerprint density at radius 2 is 2.00 bits per heavy atom. The number of carbonyl (C=O) groups is 1. The van der Waals surface area contributed by atoms with Crippen LogP contribution in [0, 0.1) is 17.1 Å². The van der Waals surface area contributed by atoms with Gasteiger partial charge in [-0.25, -0.2) is 9.82 Å². The largest absolute Gasteiger partial charge is 0.271 e. The van der Waals surface area contributed by atoms with Gasteiger partial charge in [0.25, 0.3) is 5.91 Å².